The molecule has 2 aromatic carbocycles. The molecule has 0 radical (unpaired) electrons. The van der Waals surface area contributed by atoms with Crippen molar-refractivity contribution in [1.82, 2.24) is 0 Å². The van der Waals surface area contributed by atoms with Crippen molar-refractivity contribution in [3.63, 3.8) is 0 Å². The van der Waals surface area contributed by atoms with Crippen LogP contribution in [0.2, 0.25) is 0 Å². The van der Waals surface area contributed by atoms with Crippen molar-refractivity contribution in [1.29, 1.82) is 0 Å². The van der Waals surface area contributed by atoms with Crippen molar-refractivity contribution in [2.45, 2.75) is 45.1 Å². The zero-order valence-corrected chi connectivity index (χ0v) is 15.7. The Bertz CT molecular complexity index is 723. The van der Waals surface area contributed by atoms with Crippen molar-refractivity contribution < 1.29 is 14.3 Å². The van der Waals surface area contributed by atoms with E-state index in [1.165, 1.54) is 5.56 Å². The van der Waals surface area contributed by atoms with E-state index in [4.69, 9.17) is 9.47 Å². The van der Waals surface area contributed by atoms with Crippen LogP contribution in [0.1, 0.15) is 49.5 Å². The summed E-state index contributed by atoms with van der Waals surface area (Å²) in [6.07, 6.45) is 2.34. The van der Waals surface area contributed by atoms with Gasteiger partial charge in [0.15, 0.2) is 0 Å². The van der Waals surface area contributed by atoms with Crippen LogP contribution in [-0.2, 0) is 10.2 Å². The maximum atomic E-state index is 12.4. The Kier molecular flexibility index (Phi) is 5.62. The summed E-state index contributed by atoms with van der Waals surface area (Å²) >= 11 is 0. The second kappa shape index (κ2) is 7.92. The molecule has 26 heavy (non-hydrogen) atoms. The molecule has 0 bridgehead atoms. The van der Waals surface area contributed by atoms with Crippen molar-refractivity contribution in [3.8, 4) is 5.75 Å². The topological polar surface area (TPSA) is 47.6 Å². The molecule has 1 amide bonds. The van der Waals surface area contributed by atoms with Crippen LogP contribution >= 0.6 is 0 Å². The number of hydrogen-bond acceptors (Lipinski definition) is 3. The first kappa shape index (κ1) is 18.5. The third kappa shape index (κ3) is 4.85. The SMILES string of the molecule is CC(C)(C)c1ccc(NC(=O)c2ccc(OC[C@@H]3CCCO3)cc2)cc1. The molecule has 4 heteroatoms. The molecule has 138 valence electrons. The molecule has 0 saturated carbocycles. The van der Waals surface area contributed by atoms with Crippen LogP contribution in [0.25, 0.3) is 0 Å². The first-order valence-electron chi connectivity index (χ1n) is 9.18. The summed E-state index contributed by atoms with van der Waals surface area (Å²) < 4.78 is 11.3. The minimum atomic E-state index is -0.126. The van der Waals surface area contributed by atoms with E-state index < -0.39 is 0 Å². The molecule has 3 rings (SSSR count). The quantitative estimate of drug-likeness (QED) is 0.840. The van der Waals surface area contributed by atoms with Gasteiger partial charge in [0.2, 0.25) is 0 Å². The van der Waals surface area contributed by atoms with Crippen LogP contribution in [0.15, 0.2) is 48.5 Å². The average Bonchev–Trinajstić information content (AvgIpc) is 3.13. The number of ether oxygens (including phenoxy) is 2. The third-order valence-corrected chi connectivity index (χ3v) is 4.59. The number of nitrogens with one attached hydrogen (secondary N) is 1. The third-order valence-electron chi connectivity index (χ3n) is 4.59. The van der Waals surface area contributed by atoms with Gasteiger partial charge in [-0.15, -0.1) is 0 Å². The van der Waals surface area contributed by atoms with E-state index in [-0.39, 0.29) is 17.4 Å². The van der Waals surface area contributed by atoms with Gasteiger partial charge >= 0.3 is 0 Å². The molecule has 1 atom stereocenters. The summed E-state index contributed by atoms with van der Waals surface area (Å²) in [6.45, 7) is 7.89. The second-order valence-corrected chi connectivity index (χ2v) is 7.75. The van der Waals surface area contributed by atoms with Crippen LogP contribution in [0.4, 0.5) is 5.69 Å². The summed E-state index contributed by atoms with van der Waals surface area (Å²) in [6, 6.07) is 15.2. The Hall–Kier alpha value is -2.33. The summed E-state index contributed by atoms with van der Waals surface area (Å²) in [5.41, 5.74) is 2.74. The Morgan fingerprint density at radius 1 is 1.12 bits per heavy atom. The number of rotatable bonds is 5. The van der Waals surface area contributed by atoms with E-state index in [1.54, 1.807) is 12.1 Å². The Balaban J connectivity index is 1.55. The van der Waals surface area contributed by atoms with Crippen LogP contribution in [0.3, 0.4) is 0 Å². The molecule has 4 nitrogen and oxygen atoms in total. The fourth-order valence-corrected chi connectivity index (χ4v) is 2.92. The summed E-state index contributed by atoms with van der Waals surface area (Å²) in [4.78, 5) is 12.4. The monoisotopic (exact) mass is 353 g/mol. The standard InChI is InChI=1S/C22H27NO3/c1-22(2,3)17-8-10-18(11-9-17)23-21(24)16-6-12-19(13-7-16)26-15-20-5-4-14-25-20/h6-13,20H,4-5,14-15H2,1-3H3,(H,23,24)/t20-/m0/s1. The van der Waals surface area contributed by atoms with Gasteiger partial charge in [0.05, 0.1) is 6.10 Å². The zero-order chi connectivity index (χ0) is 18.6. The first-order valence-corrected chi connectivity index (χ1v) is 9.18. The summed E-state index contributed by atoms with van der Waals surface area (Å²) in [5.74, 6) is 0.630. The fraction of sp³-hybridized carbons (Fsp3) is 0.409. The molecule has 1 N–H and O–H groups in total. The minimum absolute atomic E-state index is 0.0991. The van der Waals surface area contributed by atoms with E-state index in [2.05, 4.69) is 38.2 Å². The largest absolute Gasteiger partial charge is 0.491 e. The van der Waals surface area contributed by atoms with Gasteiger partial charge in [-0.2, -0.15) is 0 Å². The van der Waals surface area contributed by atoms with Gasteiger partial charge in [0.1, 0.15) is 12.4 Å². The van der Waals surface area contributed by atoms with Crippen molar-refractivity contribution >= 4 is 11.6 Å². The lowest BCUT2D eigenvalue weighted by Gasteiger charge is -2.19. The van der Waals surface area contributed by atoms with E-state index in [0.717, 1.165) is 30.9 Å². The van der Waals surface area contributed by atoms with Gasteiger partial charge in [-0.25, -0.2) is 0 Å². The molecule has 1 fully saturated rings. The molecule has 0 spiro atoms. The van der Waals surface area contributed by atoms with Crippen molar-refractivity contribution in [2.75, 3.05) is 18.5 Å². The maximum absolute atomic E-state index is 12.4. The van der Waals surface area contributed by atoms with Crippen LogP contribution < -0.4 is 10.1 Å². The number of anilines is 1. The van der Waals surface area contributed by atoms with Crippen molar-refractivity contribution in [3.05, 3.63) is 59.7 Å². The lowest BCUT2D eigenvalue weighted by Crippen LogP contribution is -2.16. The number of amides is 1. The van der Waals surface area contributed by atoms with E-state index in [0.29, 0.717) is 12.2 Å². The Labute approximate surface area is 155 Å². The molecule has 0 aliphatic carbocycles. The minimum Gasteiger partial charge on any atom is -0.491 e. The van der Waals surface area contributed by atoms with E-state index in [1.807, 2.05) is 24.3 Å². The smallest absolute Gasteiger partial charge is 0.255 e. The molecule has 0 unspecified atom stereocenters. The molecule has 0 aromatic heterocycles. The summed E-state index contributed by atoms with van der Waals surface area (Å²) in [7, 11) is 0. The first-order chi connectivity index (χ1) is 12.4. The number of hydrogen-bond donors (Lipinski definition) is 1. The number of carbonyl (C=O) groups is 1. The van der Waals surface area contributed by atoms with Crippen LogP contribution in [-0.4, -0.2) is 25.2 Å². The van der Waals surface area contributed by atoms with Crippen LogP contribution in [0.5, 0.6) is 5.75 Å². The number of carbonyl (C=O) groups excluding carboxylic acids is 1. The van der Waals surface area contributed by atoms with Gasteiger partial charge < -0.3 is 14.8 Å². The number of benzene rings is 2. The Morgan fingerprint density at radius 2 is 1.81 bits per heavy atom. The van der Waals surface area contributed by atoms with Gasteiger partial charge in [0, 0.05) is 17.9 Å². The summed E-state index contributed by atoms with van der Waals surface area (Å²) in [5, 5.41) is 2.93. The van der Waals surface area contributed by atoms with Gasteiger partial charge in [-0.05, 0) is 60.2 Å². The van der Waals surface area contributed by atoms with E-state index in [9.17, 15) is 4.79 Å². The fourth-order valence-electron chi connectivity index (χ4n) is 2.92. The molecule has 1 heterocycles. The molecule has 1 aliphatic heterocycles. The molecular formula is C22H27NO3. The predicted octanol–water partition coefficient (Wildman–Crippen LogP) is 4.79. The van der Waals surface area contributed by atoms with Gasteiger partial charge in [0.25, 0.3) is 5.91 Å². The zero-order valence-electron chi connectivity index (χ0n) is 15.7. The lowest BCUT2D eigenvalue weighted by molar-refractivity contribution is 0.0679. The molecule has 2 aromatic rings. The normalized spacial score (nSPS) is 17.1. The van der Waals surface area contributed by atoms with Gasteiger partial charge in [-0.3, -0.25) is 4.79 Å². The molecule has 1 saturated heterocycles. The van der Waals surface area contributed by atoms with E-state index >= 15 is 0 Å². The highest BCUT2D eigenvalue weighted by Gasteiger charge is 2.16. The molecular weight excluding hydrogens is 326 g/mol. The predicted molar refractivity (Wildman–Crippen MR) is 104 cm³/mol. The highest BCUT2D eigenvalue weighted by atomic mass is 16.5. The highest BCUT2D eigenvalue weighted by Crippen LogP contribution is 2.24. The second-order valence-electron chi connectivity index (χ2n) is 7.75. The molecule has 1 aliphatic rings. The maximum Gasteiger partial charge on any atom is 0.255 e. The lowest BCUT2D eigenvalue weighted by atomic mass is 9.87. The Morgan fingerprint density at radius 3 is 2.38 bits per heavy atom. The average molecular weight is 353 g/mol. The van der Waals surface area contributed by atoms with Gasteiger partial charge in [-0.1, -0.05) is 32.9 Å². The highest BCUT2D eigenvalue weighted by molar-refractivity contribution is 6.04. The van der Waals surface area contributed by atoms with Crippen molar-refractivity contribution in [2.24, 2.45) is 0 Å². The van der Waals surface area contributed by atoms with Crippen LogP contribution in [0, 0.1) is 0 Å².